The highest BCUT2D eigenvalue weighted by Gasteiger charge is 2.20. The lowest BCUT2D eigenvalue weighted by Crippen LogP contribution is -2.19. The molecule has 0 radical (unpaired) electrons. The third kappa shape index (κ3) is 2.52. The molecule has 2 atom stereocenters. The third-order valence-corrected chi connectivity index (χ3v) is 3.78. The van der Waals surface area contributed by atoms with Crippen LogP contribution >= 0.6 is 12.2 Å². The van der Waals surface area contributed by atoms with E-state index in [2.05, 4.69) is 17.1 Å². The summed E-state index contributed by atoms with van der Waals surface area (Å²) in [6, 6.07) is 0. The van der Waals surface area contributed by atoms with Crippen molar-refractivity contribution in [1.82, 2.24) is 14.8 Å². The molecule has 5 heteroatoms. The van der Waals surface area contributed by atoms with E-state index >= 15 is 0 Å². The smallest absolute Gasteiger partial charge is 0.195 e. The highest BCUT2D eigenvalue weighted by molar-refractivity contribution is 7.71. The van der Waals surface area contributed by atoms with Crippen LogP contribution in [0.1, 0.15) is 38.4 Å². The van der Waals surface area contributed by atoms with E-state index in [1.54, 1.807) is 0 Å². The maximum atomic E-state index is 9.16. The second kappa shape index (κ2) is 5.10. The molecule has 16 heavy (non-hydrogen) atoms. The molecular formula is C11H19N3OS. The first-order chi connectivity index (χ1) is 7.70. The van der Waals surface area contributed by atoms with E-state index < -0.39 is 0 Å². The molecule has 1 aromatic heterocycles. The molecule has 4 nitrogen and oxygen atoms in total. The van der Waals surface area contributed by atoms with Gasteiger partial charge in [0, 0.05) is 6.54 Å². The predicted octanol–water partition coefficient (Wildman–Crippen LogP) is 2.26. The van der Waals surface area contributed by atoms with Crippen LogP contribution in [0.25, 0.3) is 0 Å². The van der Waals surface area contributed by atoms with Crippen LogP contribution in [0, 0.1) is 16.6 Å². The Morgan fingerprint density at radius 1 is 1.56 bits per heavy atom. The molecule has 2 rings (SSSR count). The van der Waals surface area contributed by atoms with Crippen molar-refractivity contribution in [2.75, 3.05) is 0 Å². The summed E-state index contributed by atoms with van der Waals surface area (Å²) in [5, 5.41) is 15.9. The zero-order valence-electron chi connectivity index (χ0n) is 9.65. The number of nitrogens with one attached hydrogen (secondary N) is 1. The molecule has 0 spiro atoms. The summed E-state index contributed by atoms with van der Waals surface area (Å²) in [6.07, 6.45) is 5.19. The highest BCUT2D eigenvalue weighted by atomic mass is 32.1. The molecule has 2 unspecified atom stereocenters. The molecule has 0 bridgehead atoms. The Labute approximate surface area is 101 Å². The number of nitrogens with zero attached hydrogens (tertiary/aromatic N) is 2. The van der Waals surface area contributed by atoms with Crippen LogP contribution < -0.4 is 0 Å². The van der Waals surface area contributed by atoms with Crippen LogP contribution in [0.4, 0.5) is 0 Å². The van der Waals surface area contributed by atoms with Crippen molar-refractivity contribution < 1.29 is 5.11 Å². The average Bonchev–Trinajstić information content (AvgIpc) is 2.60. The Hall–Kier alpha value is -0.680. The van der Waals surface area contributed by atoms with Crippen LogP contribution in [0.3, 0.4) is 0 Å². The lowest BCUT2D eigenvalue weighted by molar-refractivity contribution is 0.235. The topological polar surface area (TPSA) is 53.8 Å². The Balaban J connectivity index is 2.07. The van der Waals surface area contributed by atoms with E-state index in [0.29, 0.717) is 16.5 Å². The quantitative estimate of drug-likeness (QED) is 0.798. The fraction of sp³-hybridized carbons (Fsp3) is 0.818. The maximum Gasteiger partial charge on any atom is 0.195 e. The summed E-state index contributed by atoms with van der Waals surface area (Å²) in [6.45, 7) is 3.17. The molecule has 2 N–H and O–H groups in total. The summed E-state index contributed by atoms with van der Waals surface area (Å²) >= 11 is 5.17. The number of aliphatic hydroxyl groups is 1. The average molecular weight is 241 g/mol. The predicted molar refractivity (Wildman–Crippen MR) is 64.5 cm³/mol. The summed E-state index contributed by atoms with van der Waals surface area (Å²) in [5.74, 6) is 2.15. The van der Waals surface area contributed by atoms with Gasteiger partial charge in [0.25, 0.3) is 0 Å². The van der Waals surface area contributed by atoms with Crippen LogP contribution in [-0.4, -0.2) is 19.9 Å². The van der Waals surface area contributed by atoms with Crippen molar-refractivity contribution in [3.8, 4) is 0 Å². The number of aliphatic hydroxyl groups excluding tert-OH is 1. The van der Waals surface area contributed by atoms with E-state index in [1.807, 2.05) is 4.57 Å². The van der Waals surface area contributed by atoms with Gasteiger partial charge in [-0.15, -0.1) is 0 Å². The van der Waals surface area contributed by atoms with Gasteiger partial charge < -0.3 is 9.67 Å². The maximum absolute atomic E-state index is 9.16. The largest absolute Gasteiger partial charge is 0.388 e. The molecule has 1 heterocycles. The van der Waals surface area contributed by atoms with E-state index in [-0.39, 0.29) is 6.61 Å². The molecular weight excluding hydrogens is 222 g/mol. The summed E-state index contributed by atoms with van der Waals surface area (Å²) < 4.78 is 2.57. The van der Waals surface area contributed by atoms with Crippen LogP contribution in [0.5, 0.6) is 0 Å². The Morgan fingerprint density at radius 3 is 3.06 bits per heavy atom. The van der Waals surface area contributed by atoms with Gasteiger partial charge in [-0.3, -0.25) is 5.10 Å². The zero-order chi connectivity index (χ0) is 11.5. The Kier molecular flexibility index (Phi) is 3.76. The van der Waals surface area contributed by atoms with E-state index in [4.69, 9.17) is 17.3 Å². The van der Waals surface area contributed by atoms with Gasteiger partial charge in [0.2, 0.25) is 0 Å². The minimum atomic E-state index is -0.0462. The number of hydrogen-bond acceptors (Lipinski definition) is 3. The van der Waals surface area contributed by atoms with E-state index in [1.165, 1.54) is 25.7 Å². The lowest BCUT2D eigenvalue weighted by Gasteiger charge is -2.27. The fourth-order valence-electron chi connectivity index (χ4n) is 2.64. The first kappa shape index (κ1) is 11.8. The third-order valence-electron chi connectivity index (χ3n) is 3.46. The zero-order valence-corrected chi connectivity index (χ0v) is 10.5. The van der Waals surface area contributed by atoms with Crippen molar-refractivity contribution in [1.29, 1.82) is 0 Å². The summed E-state index contributed by atoms with van der Waals surface area (Å²) in [4.78, 5) is 0. The summed E-state index contributed by atoms with van der Waals surface area (Å²) in [5.41, 5.74) is 0. The summed E-state index contributed by atoms with van der Waals surface area (Å²) in [7, 11) is 0. The number of aromatic amines is 1. The molecule has 1 aliphatic carbocycles. The second-order valence-electron chi connectivity index (χ2n) is 4.85. The van der Waals surface area contributed by atoms with Gasteiger partial charge in [-0.1, -0.05) is 19.8 Å². The molecule has 1 aromatic rings. The SMILES string of the molecule is CC1CCCC(Cn2c(CO)n[nH]c2=S)C1. The van der Waals surface area contributed by atoms with Crippen molar-refractivity contribution in [3.05, 3.63) is 10.6 Å². The molecule has 90 valence electrons. The van der Waals surface area contributed by atoms with Gasteiger partial charge in [0.15, 0.2) is 10.6 Å². The number of aromatic nitrogens is 3. The van der Waals surface area contributed by atoms with Crippen LogP contribution in [0.2, 0.25) is 0 Å². The van der Waals surface area contributed by atoms with Gasteiger partial charge >= 0.3 is 0 Å². The molecule has 0 saturated heterocycles. The Morgan fingerprint density at radius 2 is 2.38 bits per heavy atom. The minimum absolute atomic E-state index is 0.0462. The van der Waals surface area contributed by atoms with Gasteiger partial charge in [0.05, 0.1) is 0 Å². The molecule has 0 amide bonds. The van der Waals surface area contributed by atoms with Crippen molar-refractivity contribution in [3.63, 3.8) is 0 Å². The van der Waals surface area contributed by atoms with Crippen LogP contribution in [0.15, 0.2) is 0 Å². The molecule has 1 aliphatic rings. The van der Waals surface area contributed by atoms with Crippen molar-refractivity contribution in [2.24, 2.45) is 11.8 Å². The standard InChI is InChI=1S/C11H19N3OS/c1-8-3-2-4-9(5-8)6-14-10(7-15)12-13-11(14)16/h8-9,15H,2-7H2,1H3,(H,13,16). The number of H-pyrrole nitrogens is 1. The van der Waals surface area contributed by atoms with Gasteiger partial charge in [-0.2, -0.15) is 5.10 Å². The van der Waals surface area contributed by atoms with E-state index in [9.17, 15) is 0 Å². The lowest BCUT2D eigenvalue weighted by atomic mass is 9.82. The monoisotopic (exact) mass is 241 g/mol. The van der Waals surface area contributed by atoms with Crippen LogP contribution in [-0.2, 0) is 13.2 Å². The Bertz CT molecular complexity index is 398. The second-order valence-corrected chi connectivity index (χ2v) is 5.24. The molecule has 1 fully saturated rings. The number of hydrogen-bond donors (Lipinski definition) is 2. The van der Waals surface area contributed by atoms with Gasteiger partial charge in [-0.25, -0.2) is 0 Å². The minimum Gasteiger partial charge on any atom is -0.388 e. The molecule has 1 saturated carbocycles. The van der Waals surface area contributed by atoms with Crippen molar-refractivity contribution >= 4 is 12.2 Å². The van der Waals surface area contributed by atoms with Gasteiger partial charge in [0.1, 0.15) is 6.61 Å². The number of rotatable bonds is 3. The first-order valence-corrected chi connectivity index (χ1v) is 6.36. The highest BCUT2D eigenvalue weighted by Crippen LogP contribution is 2.29. The fourth-order valence-corrected chi connectivity index (χ4v) is 2.87. The normalized spacial score (nSPS) is 25.9. The van der Waals surface area contributed by atoms with E-state index in [0.717, 1.165) is 12.5 Å². The van der Waals surface area contributed by atoms with Gasteiger partial charge in [-0.05, 0) is 36.9 Å². The van der Waals surface area contributed by atoms with Crippen molar-refractivity contribution in [2.45, 2.75) is 45.8 Å². The molecule has 0 aromatic carbocycles. The molecule has 0 aliphatic heterocycles. The first-order valence-electron chi connectivity index (χ1n) is 5.95.